The molecule has 9 nitrogen and oxygen atoms in total. The summed E-state index contributed by atoms with van der Waals surface area (Å²) in [6, 6.07) is 3.79. The van der Waals surface area contributed by atoms with Gasteiger partial charge in [0.25, 0.3) is 0 Å². The summed E-state index contributed by atoms with van der Waals surface area (Å²) >= 11 is 6.70. The number of alkyl carbamates (subject to hydrolysis) is 1. The molecule has 0 radical (unpaired) electrons. The maximum atomic E-state index is 13.7. The summed E-state index contributed by atoms with van der Waals surface area (Å²) < 4.78 is 23.2. The number of rotatable bonds is 3. The zero-order chi connectivity index (χ0) is 30.3. The highest BCUT2D eigenvalue weighted by atomic mass is 35.5. The van der Waals surface area contributed by atoms with Crippen LogP contribution in [0.2, 0.25) is 5.02 Å². The third-order valence-electron chi connectivity index (χ3n) is 8.89. The number of ether oxygens (including phenoxy) is 4. The predicted octanol–water partition coefficient (Wildman–Crippen LogP) is 5.03. The van der Waals surface area contributed by atoms with Crippen LogP contribution in [0.5, 0.6) is 5.75 Å². The topological polar surface area (TPSA) is 110 Å². The molecule has 2 saturated heterocycles. The number of fused-ring (bicyclic) bond motifs is 5. The molecule has 10 heteroatoms. The second-order valence-electron chi connectivity index (χ2n) is 12.1. The van der Waals surface area contributed by atoms with Crippen molar-refractivity contribution in [3.8, 4) is 5.75 Å². The van der Waals surface area contributed by atoms with E-state index in [-0.39, 0.29) is 42.6 Å². The van der Waals surface area contributed by atoms with E-state index in [1.807, 2.05) is 39.0 Å². The first kappa shape index (κ1) is 31.3. The number of methoxy groups -OCH3 is 2. The molecule has 0 saturated carbocycles. The number of hydrogen-bond acceptors (Lipinski definition) is 7. The van der Waals surface area contributed by atoms with E-state index in [0.29, 0.717) is 22.9 Å². The summed E-state index contributed by atoms with van der Waals surface area (Å²) in [7, 11) is 4.77. The standard InChI is InChI=1S/C31H43ClN2O7/c1-17(2)21-15-26(35)34(6)22-13-20(14-23(38-7)27(22)32)12-18(3)10-9-11-25(39-8)31(37)16-24(40-29(36)33-31)19(4)28-30(21,5)41-28/h9-11,13-14,17,19,21,24-25,28,37H,12,15-16H2,1-8H3,(H,33,36)/b11-9+,18-10+. The number of amides is 2. The molecule has 0 aliphatic carbocycles. The van der Waals surface area contributed by atoms with Crippen LogP contribution in [0.3, 0.4) is 0 Å². The fourth-order valence-corrected chi connectivity index (χ4v) is 6.73. The molecule has 2 fully saturated rings. The largest absolute Gasteiger partial charge is 0.495 e. The molecule has 0 spiro atoms. The van der Waals surface area contributed by atoms with Crippen LogP contribution in [-0.2, 0) is 25.4 Å². The van der Waals surface area contributed by atoms with Gasteiger partial charge in [-0.3, -0.25) is 10.1 Å². The number of benzene rings is 1. The van der Waals surface area contributed by atoms with Crippen LogP contribution < -0.4 is 15.0 Å². The highest BCUT2D eigenvalue weighted by molar-refractivity contribution is 6.35. The number of nitrogens with one attached hydrogen (secondary N) is 1. The quantitative estimate of drug-likeness (QED) is 0.475. The van der Waals surface area contributed by atoms with Crippen molar-refractivity contribution >= 4 is 29.3 Å². The van der Waals surface area contributed by atoms with Crippen LogP contribution in [0, 0.1) is 17.8 Å². The van der Waals surface area contributed by atoms with Gasteiger partial charge in [0.1, 0.15) is 23.0 Å². The number of anilines is 1. The van der Waals surface area contributed by atoms with Crippen molar-refractivity contribution in [1.82, 2.24) is 5.32 Å². The highest BCUT2D eigenvalue weighted by Gasteiger charge is 2.63. The minimum absolute atomic E-state index is 0.0911. The van der Waals surface area contributed by atoms with Gasteiger partial charge >= 0.3 is 6.09 Å². The van der Waals surface area contributed by atoms with Crippen LogP contribution in [0.15, 0.2) is 35.9 Å². The van der Waals surface area contributed by atoms with Crippen molar-refractivity contribution in [2.45, 2.75) is 83.5 Å². The Labute approximate surface area is 247 Å². The lowest BCUT2D eigenvalue weighted by Gasteiger charge is -2.42. The van der Waals surface area contributed by atoms with Crippen molar-refractivity contribution in [1.29, 1.82) is 0 Å². The first-order chi connectivity index (χ1) is 19.2. The Balaban J connectivity index is 1.78. The molecule has 4 bridgehead atoms. The third kappa shape index (κ3) is 6.28. The summed E-state index contributed by atoms with van der Waals surface area (Å²) in [6.07, 6.45) is 3.92. The molecular weight excluding hydrogens is 548 g/mol. The van der Waals surface area contributed by atoms with Crippen molar-refractivity contribution < 1.29 is 33.6 Å². The highest BCUT2D eigenvalue weighted by Crippen LogP contribution is 2.52. The third-order valence-corrected chi connectivity index (χ3v) is 9.27. The van der Waals surface area contributed by atoms with Crippen LogP contribution in [0.25, 0.3) is 0 Å². The number of epoxide rings is 1. The van der Waals surface area contributed by atoms with Gasteiger partial charge in [0.2, 0.25) is 5.91 Å². The number of allylic oxidation sites excluding steroid dienone is 3. The van der Waals surface area contributed by atoms with Gasteiger partial charge in [-0.25, -0.2) is 4.79 Å². The minimum Gasteiger partial charge on any atom is -0.495 e. The summed E-state index contributed by atoms with van der Waals surface area (Å²) in [5.41, 5.74) is 0.222. The molecular formula is C31H43ClN2O7. The maximum absolute atomic E-state index is 13.7. The summed E-state index contributed by atoms with van der Waals surface area (Å²) in [5.74, 6) is 0.166. The molecule has 2 N–H and O–H groups in total. The fourth-order valence-electron chi connectivity index (χ4n) is 6.41. The molecule has 7 atom stereocenters. The van der Waals surface area contributed by atoms with E-state index in [2.05, 4.69) is 19.2 Å². The van der Waals surface area contributed by atoms with Crippen LogP contribution >= 0.6 is 11.6 Å². The van der Waals surface area contributed by atoms with Gasteiger partial charge in [0, 0.05) is 38.8 Å². The predicted molar refractivity (Wildman–Crippen MR) is 157 cm³/mol. The number of carbonyl (C=O) groups is 2. The molecule has 3 aliphatic rings. The van der Waals surface area contributed by atoms with E-state index in [1.165, 1.54) is 7.11 Å². The maximum Gasteiger partial charge on any atom is 0.409 e. The second kappa shape index (κ2) is 12.0. The molecule has 7 unspecified atom stereocenters. The van der Waals surface area contributed by atoms with Gasteiger partial charge in [-0.2, -0.15) is 0 Å². The first-order valence-corrected chi connectivity index (χ1v) is 14.5. The van der Waals surface area contributed by atoms with Gasteiger partial charge in [0.05, 0.1) is 24.5 Å². The van der Waals surface area contributed by atoms with Crippen LogP contribution in [0.4, 0.5) is 10.5 Å². The van der Waals surface area contributed by atoms with Crippen LogP contribution in [-0.4, -0.2) is 68.0 Å². The molecule has 3 heterocycles. The average Bonchev–Trinajstić information content (AvgIpc) is 3.60. The Morgan fingerprint density at radius 1 is 1.24 bits per heavy atom. The lowest BCUT2D eigenvalue weighted by molar-refractivity contribution is -0.142. The van der Waals surface area contributed by atoms with Crippen molar-refractivity contribution in [2.24, 2.45) is 17.8 Å². The lowest BCUT2D eigenvalue weighted by atomic mass is 9.75. The van der Waals surface area contributed by atoms with Crippen molar-refractivity contribution in [2.75, 3.05) is 26.2 Å². The Morgan fingerprint density at radius 2 is 1.95 bits per heavy atom. The SMILES string of the molecule is COc1cc2cc(c1Cl)N(C)C(=O)CC(C(C)C)C1(C)OC1C(C)C1CC(O)(NC(=O)O1)C(OC)/C=C/C=C(\C)C2. The van der Waals surface area contributed by atoms with E-state index in [0.717, 1.165) is 11.1 Å². The normalized spacial score (nSPS) is 36.5. The molecule has 0 aromatic heterocycles. The number of aliphatic hydroxyl groups is 1. The lowest BCUT2D eigenvalue weighted by Crippen LogP contribution is -2.63. The van der Waals surface area contributed by atoms with Gasteiger partial charge in [0.15, 0.2) is 5.72 Å². The summed E-state index contributed by atoms with van der Waals surface area (Å²) in [5, 5.41) is 14.5. The van der Waals surface area contributed by atoms with Crippen molar-refractivity contribution in [3.05, 3.63) is 46.5 Å². The Bertz CT molecular complexity index is 1230. The van der Waals surface area contributed by atoms with E-state index in [9.17, 15) is 14.7 Å². The van der Waals surface area contributed by atoms with E-state index in [4.69, 9.17) is 30.5 Å². The molecule has 4 rings (SSSR count). The number of nitrogens with zero attached hydrogens (tertiary/aromatic N) is 1. The Morgan fingerprint density at radius 3 is 2.59 bits per heavy atom. The smallest absolute Gasteiger partial charge is 0.409 e. The number of carbonyl (C=O) groups excluding carboxylic acids is 2. The van der Waals surface area contributed by atoms with Crippen LogP contribution in [0.1, 0.15) is 53.0 Å². The molecule has 1 aromatic carbocycles. The van der Waals surface area contributed by atoms with E-state index in [1.54, 1.807) is 31.2 Å². The molecule has 226 valence electrons. The van der Waals surface area contributed by atoms with E-state index < -0.39 is 29.6 Å². The summed E-state index contributed by atoms with van der Waals surface area (Å²) in [6.45, 7) is 10.1. The van der Waals surface area contributed by atoms with Crippen molar-refractivity contribution in [3.63, 3.8) is 0 Å². The van der Waals surface area contributed by atoms with Gasteiger partial charge in [-0.05, 0) is 43.9 Å². The molecule has 2 amide bonds. The first-order valence-electron chi connectivity index (χ1n) is 14.1. The molecule has 41 heavy (non-hydrogen) atoms. The minimum atomic E-state index is -1.68. The number of hydrogen-bond donors (Lipinski definition) is 2. The zero-order valence-corrected chi connectivity index (χ0v) is 25.9. The van der Waals surface area contributed by atoms with Gasteiger partial charge in [-0.15, -0.1) is 0 Å². The molecule has 3 aliphatic heterocycles. The average molecular weight is 591 g/mol. The number of halogens is 1. The zero-order valence-electron chi connectivity index (χ0n) is 25.2. The Kier molecular flexibility index (Phi) is 9.14. The molecule has 1 aromatic rings. The monoisotopic (exact) mass is 590 g/mol. The van der Waals surface area contributed by atoms with E-state index >= 15 is 0 Å². The van der Waals surface area contributed by atoms with Gasteiger partial charge in [-0.1, -0.05) is 56.2 Å². The van der Waals surface area contributed by atoms with Gasteiger partial charge < -0.3 is 29.0 Å². The second-order valence-corrected chi connectivity index (χ2v) is 12.5. The summed E-state index contributed by atoms with van der Waals surface area (Å²) in [4.78, 5) is 28.0. The fraction of sp³-hybridized carbons (Fsp3) is 0.613. The Hall–Kier alpha value is -2.59.